The van der Waals surface area contributed by atoms with Gasteiger partial charge in [-0.05, 0) is 17.7 Å². The topological polar surface area (TPSA) is 101 Å². The third kappa shape index (κ3) is 2.98. The molecule has 0 saturated carbocycles. The van der Waals surface area contributed by atoms with Crippen LogP contribution in [0.2, 0.25) is 0 Å². The Hall–Kier alpha value is -2.08. The summed E-state index contributed by atoms with van der Waals surface area (Å²) in [6.45, 7) is 0. The summed E-state index contributed by atoms with van der Waals surface area (Å²) < 4.78 is 0. The molecule has 18 heavy (non-hydrogen) atoms. The molecular weight excluding hydrogens is 246 g/mol. The third-order valence-corrected chi connectivity index (χ3v) is 3.15. The highest BCUT2D eigenvalue weighted by Crippen LogP contribution is 2.21. The van der Waals surface area contributed by atoms with Gasteiger partial charge in [-0.1, -0.05) is 30.0 Å². The second-order valence-electron chi connectivity index (χ2n) is 3.62. The summed E-state index contributed by atoms with van der Waals surface area (Å²) in [7, 11) is 0. The molecule has 0 unspecified atom stereocenters. The minimum atomic E-state index is -0.0907. The van der Waals surface area contributed by atoms with Crippen molar-refractivity contribution in [2.24, 2.45) is 16.5 Å². The Balaban J connectivity index is 2.17. The molecule has 1 aromatic carbocycles. The number of pyridine rings is 1. The second kappa shape index (κ2) is 5.50. The van der Waals surface area contributed by atoms with Gasteiger partial charge in [0.15, 0.2) is 11.1 Å². The number of guanidine groups is 1. The van der Waals surface area contributed by atoms with Crippen molar-refractivity contribution in [2.75, 3.05) is 0 Å². The number of para-hydroxylation sites is 1. The first-order valence-electron chi connectivity index (χ1n) is 5.30. The fraction of sp³-hybridized carbons (Fsp3) is 0.0833. The van der Waals surface area contributed by atoms with Crippen LogP contribution in [0.4, 0.5) is 0 Å². The van der Waals surface area contributed by atoms with Crippen molar-refractivity contribution < 1.29 is 0 Å². The Bertz CT molecular complexity index is 599. The molecule has 2 rings (SSSR count). The summed E-state index contributed by atoms with van der Waals surface area (Å²) in [6, 6.07) is 9.85. The first-order chi connectivity index (χ1) is 8.66. The number of fused-ring (bicyclic) bond motifs is 1. The van der Waals surface area contributed by atoms with Crippen molar-refractivity contribution in [1.82, 2.24) is 4.98 Å². The Labute approximate surface area is 109 Å². The van der Waals surface area contributed by atoms with Crippen LogP contribution in [0.3, 0.4) is 0 Å². The van der Waals surface area contributed by atoms with E-state index in [0.29, 0.717) is 5.75 Å². The zero-order chi connectivity index (χ0) is 13.0. The highest BCUT2D eigenvalue weighted by atomic mass is 32.2. The molecule has 0 atom stereocenters. The number of benzene rings is 1. The molecule has 0 fully saturated rings. The van der Waals surface area contributed by atoms with Gasteiger partial charge in [-0.15, -0.1) is 0 Å². The van der Waals surface area contributed by atoms with Gasteiger partial charge >= 0.3 is 0 Å². The molecule has 0 saturated heterocycles. The number of amidine groups is 1. The van der Waals surface area contributed by atoms with E-state index in [1.54, 1.807) is 6.20 Å². The lowest BCUT2D eigenvalue weighted by atomic mass is 10.1. The van der Waals surface area contributed by atoms with Crippen molar-refractivity contribution in [2.45, 2.75) is 5.75 Å². The van der Waals surface area contributed by atoms with Crippen LogP contribution in [-0.2, 0) is 5.75 Å². The van der Waals surface area contributed by atoms with Crippen LogP contribution >= 0.6 is 11.8 Å². The molecule has 5 nitrogen and oxygen atoms in total. The molecule has 0 aliphatic rings. The fourth-order valence-corrected chi connectivity index (χ4v) is 2.29. The van der Waals surface area contributed by atoms with Gasteiger partial charge in [-0.3, -0.25) is 10.4 Å². The van der Waals surface area contributed by atoms with Gasteiger partial charge in [0.25, 0.3) is 0 Å². The van der Waals surface area contributed by atoms with E-state index in [1.165, 1.54) is 11.8 Å². The van der Waals surface area contributed by atoms with Crippen LogP contribution in [0, 0.1) is 5.41 Å². The highest BCUT2D eigenvalue weighted by molar-refractivity contribution is 8.13. The van der Waals surface area contributed by atoms with Crippen LogP contribution in [0.25, 0.3) is 10.9 Å². The molecule has 92 valence electrons. The van der Waals surface area contributed by atoms with Crippen molar-refractivity contribution in [1.29, 1.82) is 5.41 Å². The summed E-state index contributed by atoms with van der Waals surface area (Å²) in [4.78, 5) is 7.96. The zero-order valence-electron chi connectivity index (χ0n) is 9.63. The van der Waals surface area contributed by atoms with Crippen LogP contribution in [-0.4, -0.2) is 16.1 Å². The molecule has 0 aliphatic heterocycles. The smallest absolute Gasteiger partial charge is 0.193 e. The normalized spacial score (nSPS) is 10.2. The number of nitrogens with zero attached hydrogens (tertiary/aromatic N) is 2. The molecule has 1 heterocycles. The zero-order valence-corrected chi connectivity index (χ0v) is 10.4. The van der Waals surface area contributed by atoms with Gasteiger partial charge in [-0.25, -0.2) is 0 Å². The predicted molar refractivity (Wildman–Crippen MR) is 76.6 cm³/mol. The molecule has 1 aromatic heterocycles. The second-order valence-corrected chi connectivity index (χ2v) is 4.58. The Kier molecular flexibility index (Phi) is 3.78. The number of hydrogen-bond acceptors (Lipinski definition) is 3. The van der Waals surface area contributed by atoms with Crippen LogP contribution in [0.1, 0.15) is 5.56 Å². The van der Waals surface area contributed by atoms with E-state index in [0.717, 1.165) is 16.5 Å². The molecule has 0 amide bonds. The Morgan fingerprint density at radius 2 is 2.06 bits per heavy atom. The largest absolute Gasteiger partial charge is 0.370 e. The maximum absolute atomic E-state index is 7.58. The van der Waals surface area contributed by atoms with E-state index in [9.17, 15) is 0 Å². The average molecular weight is 259 g/mol. The SMILES string of the molecule is N=C(N=C(N)N)SCc1ccnc2ccccc12. The molecule has 0 spiro atoms. The van der Waals surface area contributed by atoms with E-state index < -0.39 is 0 Å². The van der Waals surface area contributed by atoms with Gasteiger partial charge in [0.2, 0.25) is 0 Å². The molecule has 6 heteroatoms. The highest BCUT2D eigenvalue weighted by Gasteiger charge is 2.03. The van der Waals surface area contributed by atoms with Gasteiger partial charge < -0.3 is 11.5 Å². The summed E-state index contributed by atoms with van der Waals surface area (Å²) >= 11 is 1.28. The number of rotatable bonds is 2. The van der Waals surface area contributed by atoms with E-state index in [4.69, 9.17) is 16.9 Å². The van der Waals surface area contributed by atoms with Crippen LogP contribution in [0.5, 0.6) is 0 Å². The number of nitrogens with two attached hydrogens (primary N) is 2. The number of aliphatic imine (C=N–C) groups is 1. The molecule has 5 N–H and O–H groups in total. The first-order valence-corrected chi connectivity index (χ1v) is 6.29. The maximum atomic E-state index is 7.58. The summed E-state index contributed by atoms with van der Waals surface area (Å²) in [5.74, 6) is 0.547. The lowest BCUT2D eigenvalue weighted by Gasteiger charge is -2.04. The number of thioether (sulfide) groups is 1. The molecule has 0 bridgehead atoms. The average Bonchev–Trinajstić information content (AvgIpc) is 2.35. The standard InChI is InChI=1S/C12H13N5S/c13-11(14)17-12(15)18-7-8-5-6-16-10-4-2-1-3-9(8)10/h1-6H,7H2,(H5,13,14,15,17). The Morgan fingerprint density at radius 3 is 2.83 bits per heavy atom. The van der Waals surface area contributed by atoms with Crippen molar-refractivity contribution in [3.05, 3.63) is 42.1 Å². The van der Waals surface area contributed by atoms with Gasteiger partial charge in [0.1, 0.15) is 0 Å². The van der Waals surface area contributed by atoms with E-state index in [-0.39, 0.29) is 11.1 Å². The van der Waals surface area contributed by atoms with Crippen molar-refractivity contribution in [3.63, 3.8) is 0 Å². The third-order valence-electron chi connectivity index (χ3n) is 2.33. The lowest BCUT2D eigenvalue weighted by Crippen LogP contribution is -2.23. The quantitative estimate of drug-likeness (QED) is 0.564. The van der Waals surface area contributed by atoms with Gasteiger partial charge in [-0.2, -0.15) is 4.99 Å². The van der Waals surface area contributed by atoms with Gasteiger partial charge in [0, 0.05) is 17.3 Å². The summed E-state index contributed by atoms with van der Waals surface area (Å²) in [5, 5.41) is 8.77. The van der Waals surface area contributed by atoms with E-state index >= 15 is 0 Å². The minimum Gasteiger partial charge on any atom is -0.370 e. The van der Waals surface area contributed by atoms with Gasteiger partial charge in [0.05, 0.1) is 5.52 Å². The summed E-state index contributed by atoms with van der Waals surface area (Å²) in [5.41, 5.74) is 12.5. The van der Waals surface area contributed by atoms with E-state index in [1.807, 2.05) is 30.3 Å². The molecule has 0 radical (unpaired) electrons. The first kappa shape index (κ1) is 12.4. The van der Waals surface area contributed by atoms with Crippen molar-refractivity contribution in [3.8, 4) is 0 Å². The molecule has 0 aliphatic carbocycles. The minimum absolute atomic E-state index is 0.0907. The number of nitrogens with one attached hydrogen (secondary N) is 1. The Morgan fingerprint density at radius 1 is 1.28 bits per heavy atom. The van der Waals surface area contributed by atoms with Crippen LogP contribution in [0.15, 0.2) is 41.5 Å². The molecular formula is C12H13N5S. The molecule has 2 aromatic rings. The maximum Gasteiger partial charge on any atom is 0.193 e. The monoisotopic (exact) mass is 259 g/mol. The van der Waals surface area contributed by atoms with E-state index in [2.05, 4.69) is 9.98 Å². The fourth-order valence-electron chi connectivity index (χ4n) is 1.58. The van der Waals surface area contributed by atoms with Crippen molar-refractivity contribution >= 4 is 33.8 Å². The van der Waals surface area contributed by atoms with Crippen LogP contribution < -0.4 is 11.5 Å². The summed E-state index contributed by atoms with van der Waals surface area (Å²) in [6.07, 6.45) is 1.77. The lowest BCUT2D eigenvalue weighted by molar-refractivity contribution is 1.35. The predicted octanol–water partition coefficient (Wildman–Crippen LogP) is 1.68. The number of aromatic nitrogens is 1. The number of hydrogen-bond donors (Lipinski definition) is 3.